The smallest absolute Gasteiger partial charge is 0.303 e. The first-order chi connectivity index (χ1) is 15.8. The van der Waals surface area contributed by atoms with Gasteiger partial charge in [0.15, 0.2) is 23.7 Å². The van der Waals surface area contributed by atoms with Gasteiger partial charge >= 0.3 is 17.9 Å². The lowest BCUT2D eigenvalue weighted by molar-refractivity contribution is -0.186. The molecule has 172 valence electrons. The average Bonchev–Trinajstić information content (AvgIpc) is 2.77. The van der Waals surface area contributed by atoms with Gasteiger partial charge in [-0.2, -0.15) is 5.26 Å². The maximum atomic E-state index is 11.8. The molecule has 33 heavy (non-hydrogen) atoms. The van der Waals surface area contributed by atoms with E-state index in [1.807, 2.05) is 0 Å². The number of aromatic nitrogens is 1. The van der Waals surface area contributed by atoms with E-state index in [9.17, 15) is 14.4 Å². The zero-order valence-electron chi connectivity index (χ0n) is 18.2. The topological polar surface area (TPSA) is 125 Å². The first-order valence-electron chi connectivity index (χ1n) is 10.0. The highest BCUT2D eigenvalue weighted by atomic mass is 32.2. The van der Waals surface area contributed by atoms with E-state index in [1.165, 1.54) is 38.7 Å². The Morgan fingerprint density at radius 1 is 0.970 bits per heavy atom. The molecule has 1 aromatic heterocycles. The Labute approximate surface area is 195 Å². The first kappa shape index (κ1) is 24.1. The fourth-order valence-corrected chi connectivity index (χ4v) is 4.58. The van der Waals surface area contributed by atoms with Gasteiger partial charge in [-0.15, -0.1) is 11.8 Å². The molecule has 2 aromatic rings. The van der Waals surface area contributed by atoms with Gasteiger partial charge in [0.2, 0.25) is 0 Å². The minimum Gasteiger partial charge on any atom is -0.473 e. The van der Waals surface area contributed by atoms with Crippen molar-refractivity contribution < 1.29 is 33.3 Å². The van der Waals surface area contributed by atoms with Crippen molar-refractivity contribution in [3.05, 3.63) is 48.3 Å². The third-order valence-corrected chi connectivity index (χ3v) is 5.87. The van der Waals surface area contributed by atoms with E-state index in [0.29, 0.717) is 16.9 Å². The Kier molecular flexibility index (Phi) is 7.90. The summed E-state index contributed by atoms with van der Waals surface area (Å²) in [5.74, 6) is -1.10. The summed E-state index contributed by atoms with van der Waals surface area (Å²) >= 11 is 1.26. The van der Waals surface area contributed by atoms with E-state index in [4.69, 9.17) is 24.2 Å². The van der Waals surface area contributed by atoms with E-state index >= 15 is 0 Å². The molecular formula is C23H22N2O7S. The van der Waals surface area contributed by atoms with Crippen LogP contribution in [0.2, 0.25) is 0 Å². The molecule has 10 heteroatoms. The summed E-state index contributed by atoms with van der Waals surface area (Å²) < 4.78 is 22.4. The second-order valence-corrected chi connectivity index (χ2v) is 8.31. The number of benzene rings is 1. The first-order valence-corrected chi connectivity index (χ1v) is 11.1. The maximum Gasteiger partial charge on any atom is 0.303 e. The number of carbonyl (C=O) groups is 3. The highest BCUT2D eigenvalue weighted by Crippen LogP contribution is 2.37. The zero-order valence-corrected chi connectivity index (χ0v) is 19.0. The molecule has 0 bridgehead atoms. The van der Waals surface area contributed by atoms with Gasteiger partial charge in [0.1, 0.15) is 5.75 Å². The Hall–Kier alpha value is -3.58. The quantitative estimate of drug-likeness (QED) is 0.459. The number of esters is 3. The molecule has 1 fully saturated rings. The van der Waals surface area contributed by atoms with Crippen LogP contribution >= 0.6 is 11.8 Å². The minimum atomic E-state index is -1.04. The molecule has 3 rings (SSSR count). The number of ether oxygens (including phenoxy) is 4. The lowest BCUT2D eigenvalue weighted by Gasteiger charge is -2.40. The van der Waals surface area contributed by atoms with Crippen LogP contribution in [0.25, 0.3) is 11.1 Å². The molecule has 9 nitrogen and oxygen atoms in total. The van der Waals surface area contributed by atoms with Gasteiger partial charge in [-0.25, -0.2) is 0 Å². The van der Waals surface area contributed by atoms with Crippen LogP contribution in [0.1, 0.15) is 26.3 Å². The summed E-state index contributed by atoms with van der Waals surface area (Å²) in [6.07, 6.45) is 0.237. The lowest BCUT2D eigenvalue weighted by Crippen LogP contribution is -2.55. The van der Waals surface area contributed by atoms with Crippen LogP contribution in [0.5, 0.6) is 5.75 Å². The molecule has 0 saturated carbocycles. The predicted molar refractivity (Wildman–Crippen MR) is 118 cm³/mol. The fourth-order valence-electron chi connectivity index (χ4n) is 3.37. The Balaban J connectivity index is 1.93. The Bertz CT molecular complexity index is 1070. The molecular weight excluding hydrogens is 448 g/mol. The standard InChI is InChI=1S/C23H22N2O7S/c1-13(26)29-20-12-33-23(22(31-15(3)28)21(20)30-14(2)27)32-19-11-25-9-8-18(19)17-6-4-16(10-24)5-7-17/h4-9,11,20-23H,12H2,1-3H3/t20-,21+,22-,23-/m1/s1. The minimum absolute atomic E-state index is 0.256. The van der Waals surface area contributed by atoms with Crippen molar-refractivity contribution in [3.8, 4) is 22.9 Å². The molecule has 1 aliphatic heterocycles. The zero-order chi connectivity index (χ0) is 24.0. The number of pyridine rings is 1. The average molecular weight is 471 g/mol. The molecule has 1 aliphatic rings. The van der Waals surface area contributed by atoms with Crippen molar-refractivity contribution in [2.45, 2.75) is 44.5 Å². The van der Waals surface area contributed by atoms with Gasteiger partial charge in [0.05, 0.1) is 17.8 Å². The highest BCUT2D eigenvalue weighted by molar-refractivity contribution is 7.99. The van der Waals surface area contributed by atoms with Crippen molar-refractivity contribution in [3.63, 3.8) is 0 Å². The normalized spacial score (nSPS) is 21.9. The summed E-state index contributed by atoms with van der Waals surface area (Å²) in [6, 6.07) is 10.8. The van der Waals surface area contributed by atoms with Crippen LogP contribution in [0.3, 0.4) is 0 Å². The molecule has 0 spiro atoms. The van der Waals surface area contributed by atoms with E-state index < -0.39 is 41.7 Å². The van der Waals surface area contributed by atoms with Crippen molar-refractivity contribution >= 4 is 29.7 Å². The predicted octanol–water partition coefficient (Wildman–Crippen LogP) is 2.87. The van der Waals surface area contributed by atoms with Gasteiger partial charge in [0, 0.05) is 38.3 Å². The monoisotopic (exact) mass is 470 g/mol. The fraction of sp³-hybridized carbons (Fsp3) is 0.348. The summed E-state index contributed by atoms with van der Waals surface area (Å²) in [5.41, 5.74) is 1.26. The Morgan fingerprint density at radius 2 is 1.61 bits per heavy atom. The van der Waals surface area contributed by atoms with E-state index in [0.717, 1.165) is 5.56 Å². The molecule has 0 aliphatic carbocycles. The summed E-state index contributed by atoms with van der Waals surface area (Å²) in [6.45, 7) is 3.70. The van der Waals surface area contributed by atoms with E-state index in [2.05, 4.69) is 11.1 Å². The second-order valence-electron chi connectivity index (χ2n) is 7.18. The number of thioether (sulfide) groups is 1. The number of hydrogen-bond donors (Lipinski definition) is 0. The second kappa shape index (κ2) is 10.8. The molecule has 1 aromatic carbocycles. The van der Waals surface area contributed by atoms with Crippen molar-refractivity contribution in [1.82, 2.24) is 4.98 Å². The van der Waals surface area contributed by atoms with Gasteiger partial charge < -0.3 is 18.9 Å². The number of rotatable bonds is 6. The van der Waals surface area contributed by atoms with Crippen LogP contribution in [-0.4, -0.2) is 52.4 Å². The lowest BCUT2D eigenvalue weighted by atomic mass is 10.0. The van der Waals surface area contributed by atoms with E-state index in [-0.39, 0.29) is 5.75 Å². The van der Waals surface area contributed by atoms with Crippen molar-refractivity contribution in [2.24, 2.45) is 0 Å². The van der Waals surface area contributed by atoms with Crippen molar-refractivity contribution in [2.75, 3.05) is 5.75 Å². The molecule has 0 unspecified atom stereocenters. The number of nitrogens with zero attached hydrogens (tertiary/aromatic N) is 2. The number of nitriles is 1. The molecule has 0 N–H and O–H groups in total. The Morgan fingerprint density at radius 3 is 2.21 bits per heavy atom. The molecule has 1 saturated heterocycles. The summed E-state index contributed by atoms with van der Waals surface area (Å²) in [4.78, 5) is 39.3. The largest absolute Gasteiger partial charge is 0.473 e. The molecule has 0 amide bonds. The number of hydrogen-bond acceptors (Lipinski definition) is 10. The van der Waals surface area contributed by atoms with Gasteiger partial charge in [0.25, 0.3) is 0 Å². The van der Waals surface area contributed by atoms with Crippen LogP contribution in [0.15, 0.2) is 42.7 Å². The van der Waals surface area contributed by atoms with Crippen LogP contribution in [0, 0.1) is 11.3 Å². The molecule has 0 radical (unpaired) electrons. The van der Waals surface area contributed by atoms with E-state index in [1.54, 1.807) is 36.5 Å². The van der Waals surface area contributed by atoms with Crippen LogP contribution in [0.4, 0.5) is 0 Å². The molecule has 2 heterocycles. The highest BCUT2D eigenvalue weighted by Gasteiger charge is 2.47. The summed E-state index contributed by atoms with van der Waals surface area (Å²) in [5, 5.41) is 9.04. The van der Waals surface area contributed by atoms with Crippen LogP contribution in [-0.2, 0) is 28.6 Å². The molecule has 4 atom stereocenters. The van der Waals surface area contributed by atoms with Gasteiger partial charge in [-0.3, -0.25) is 19.4 Å². The van der Waals surface area contributed by atoms with Gasteiger partial charge in [-0.05, 0) is 23.8 Å². The van der Waals surface area contributed by atoms with Crippen LogP contribution < -0.4 is 4.74 Å². The van der Waals surface area contributed by atoms with Gasteiger partial charge in [-0.1, -0.05) is 12.1 Å². The number of carbonyl (C=O) groups excluding carboxylic acids is 3. The maximum absolute atomic E-state index is 11.8. The van der Waals surface area contributed by atoms with Crippen molar-refractivity contribution in [1.29, 1.82) is 5.26 Å². The third-order valence-electron chi connectivity index (χ3n) is 4.66. The SMILES string of the molecule is CC(=O)O[C@@H]1[C@@H](OC(C)=O)[C@H](OC(C)=O)CS[C@H]1Oc1cnccc1-c1ccc(C#N)cc1. The third kappa shape index (κ3) is 6.23. The summed E-state index contributed by atoms with van der Waals surface area (Å²) in [7, 11) is 0.